The van der Waals surface area contributed by atoms with Gasteiger partial charge in [-0.1, -0.05) is 11.8 Å². The lowest BCUT2D eigenvalue weighted by atomic mass is 10.6. The van der Waals surface area contributed by atoms with E-state index in [1.807, 2.05) is 0 Å². The Bertz CT molecular complexity index is 395. The van der Waals surface area contributed by atoms with Crippen LogP contribution in [-0.4, -0.2) is 47.1 Å². The van der Waals surface area contributed by atoms with Crippen LogP contribution < -0.4 is 10.9 Å². The minimum atomic E-state index is -0.336. The van der Waals surface area contributed by atoms with Gasteiger partial charge < -0.3 is 10.1 Å². The van der Waals surface area contributed by atoms with Crippen LogP contribution >= 0.6 is 11.8 Å². The van der Waals surface area contributed by atoms with Gasteiger partial charge >= 0.3 is 0 Å². The largest absolute Gasteiger partial charge is 0.383 e. The van der Waals surface area contributed by atoms with E-state index in [2.05, 4.69) is 20.5 Å². The van der Waals surface area contributed by atoms with Crippen LogP contribution in [0.3, 0.4) is 0 Å². The summed E-state index contributed by atoms with van der Waals surface area (Å²) in [6.45, 7) is 0.936. The highest BCUT2D eigenvalue weighted by atomic mass is 32.2. The molecule has 8 heteroatoms. The first-order valence-corrected chi connectivity index (χ1v) is 5.51. The molecule has 7 nitrogen and oxygen atoms in total. The summed E-state index contributed by atoms with van der Waals surface area (Å²) < 4.78 is 4.78. The molecule has 0 aliphatic heterocycles. The SMILES string of the molecule is COCCNC(=O)CSc1nncc(=O)[nH]1. The molecule has 88 valence electrons. The molecule has 1 amide bonds. The quantitative estimate of drug-likeness (QED) is 0.493. The van der Waals surface area contributed by atoms with E-state index in [1.165, 1.54) is 0 Å². The fourth-order valence-corrected chi connectivity index (χ4v) is 1.49. The standard InChI is InChI=1S/C8H12N4O3S/c1-15-3-2-9-7(14)5-16-8-11-6(13)4-10-12-8/h4H,2-3,5H2,1H3,(H,9,14)(H,11,12,13). The number of aromatic nitrogens is 3. The molecule has 1 rings (SSSR count). The summed E-state index contributed by atoms with van der Waals surface area (Å²) in [6, 6.07) is 0. The van der Waals surface area contributed by atoms with Crippen molar-refractivity contribution in [1.82, 2.24) is 20.5 Å². The van der Waals surface area contributed by atoms with Gasteiger partial charge in [-0.25, -0.2) is 0 Å². The molecular weight excluding hydrogens is 232 g/mol. The maximum Gasteiger partial charge on any atom is 0.270 e. The topological polar surface area (TPSA) is 97.0 Å². The monoisotopic (exact) mass is 244 g/mol. The molecule has 0 spiro atoms. The highest BCUT2D eigenvalue weighted by molar-refractivity contribution is 7.99. The molecule has 0 aromatic carbocycles. The number of H-pyrrole nitrogens is 1. The number of hydrogen-bond donors (Lipinski definition) is 2. The van der Waals surface area contributed by atoms with Gasteiger partial charge in [0.25, 0.3) is 5.56 Å². The number of amides is 1. The van der Waals surface area contributed by atoms with Gasteiger partial charge in [0, 0.05) is 13.7 Å². The van der Waals surface area contributed by atoms with Crippen molar-refractivity contribution >= 4 is 17.7 Å². The van der Waals surface area contributed by atoms with Crippen molar-refractivity contribution in [2.24, 2.45) is 0 Å². The molecule has 0 aliphatic carbocycles. The van der Waals surface area contributed by atoms with Crippen LogP contribution in [0.25, 0.3) is 0 Å². The normalized spacial score (nSPS) is 10.1. The van der Waals surface area contributed by atoms with Gasteiger partial charge in [-0.05, 0) is 0 Å². The van der Waals surface area contributed by atoms with Crippen molar-refractivity contribution in [2.45, 2.75) is 5.16 Å². The molecular formula is C8H12N4O3S. The first kappa shape index (κ1) is 12.7. The highest BCUT2D eigenvalue weighted by Crippen LogP contribution is 2.07. The molecule has 0 fully saturated rings. The minimum absolute atomic E-state index is 0.145. The predicted octanol–water partition coefficient (Wildman–Crippen LogP) is -0.980. The maximum atomic E-state index is 11.2. The summed E-state index contributed by atoms with van der Waals surface area (Å²) in [5.41, 5.74) is -0.336. The van der Waals surface area contributed by atoms with Crippen LogP contribution in [0.4, 0.5) is 0 Å². The second-order valence-electron chi connectivity index (χ2n) is 2.77. The molecule has 16 heavy (non-hydrogen) atoms. The fourth-order valence-electron chi connectivity index (χ4n) is 0.839. The van der Waals surface area contributed by atoms with E-state index in [0.29, 0.717) is 18.3 Å². The molecule has 0 saturated carbocycles. The zero-order chi connectivity index (χ0) is 11.8. The van der Waals surface area contributed by atoms with Gasteiger partial charge in [-0.3, -0.25) is 14.6 Å². The Labute approximate surface area is 96.0 Å². The van der Waals surface area contributed by atoms with E-state index < -0.39 is 0 Å². The van der Waals surface area contributed by atoms with Crippen molar-refractivity contribution in [3.8, 4) is 0 Å². The average molecular weight is 244 g/mol. The Kier molecular flexibility index (Phi) is 5.51. The summed E-state index contributed by atoms with van der Waals surface area (Å²) in [7, 11) is 1.56. The van der Waals surface area contributed by atoms with Gasteiger partial charge in [0.15, 0.2) is 5.16 Å². The lowest BCUT2D eigenvalue weighted by Gasteiger charge is -2.03. The van der Waals surface area contributed by atoms with Crippen LogP contribution in [0.15, 0.2) is 16.1 Å². The molecule has 0 radical (unpaired) electrons. The van der Waals surface area contributed by atoms with Gasteiger partial charge in [-0.15, -0.1) is 5.10 Å². The number of carbonyl (C=O) groups is 1. The van der Waals surface area contributed by atoms with Crippen molar-refractivity contribution in [3.63, 3.8) is 0 Å². The van der Waals surface area contributed by atoms with Crippen molar-refractivity contribution in [3.05, 3.63) is 16.6 Å². The van der Waals surface area contributed by atoms with E-state index in [0.717, 1.165) is 18.0 Å². The number of carbonyl (C=O) groups excluding carboxylic acids is 1. The smallest absolute Gasteiger partial charge is 0.270 e. The van der Waals surface area contributed by atoms with E-state index in [9.17, 15) is 9.59 Å². The second kappa shape index (κ2) is 6.96. The molecule has 0 bridgehead atoms. The number of nitrogens with zero attached hydrogens (tertiary/aromatic N) is 2. The third-order valence-corrected chi connectivity index (χ3v) is 2.39. The van der Waals surface area contributed by atoms with Crippen molar-refractivity contribution < 1.29 is 9.53 Å². The maximum absolute atomic E-state index is 11.2. The molecule has 0 atom stereocenters. The molecule has 1 aromatic heterocycles. The summed E-state index contributed by atoms with van der Waals surface area (Å²) in [4.78, 5) is 24.6. The van der Waals surface area contributed by atoms with Crippen molar-refractivity contribution in [2.75, 3.05) is 26.0 Å². The Morgan fingerprint density at radius 3 is 3.19 bits per heavy atom. The number of methoxy groups -OCH3 is 1. The van der Waals surface area contributed by atoms with Gasteiger partial charge in [0.05, 0.1) is 12.4 Å². The zero-order valence-electron chi connectivity index (χ0n) is 8.73. The first-order valence-electron chi connectivity index (χ1n) is 4.53. The predicted molar refractivity (Wildman–Crippen MR) is 58.3 cm³/mol. The third kappa shape index (κ3) is 4.89. The highest BCUT2D eigenvalue weighted by Gasteiger charge is 2.03. The molecule has 0 aliphatic rings. The Hall–Kier alpha value is -1.41. The van der Waals surface area contributed by atoms with E-state index in [-0.39, 0.29) is 17.2 Å². The van der Waals surface area contributed by atoms with E-state index in [4.69, 9.17) is 4.74 Å². The Morgan fingerprint density at radius 2 is 2.50 bits per heavy atom. The molecule has 0 unspecified atom stereocenters. The lowest BCUT2D eigenvalue weighted by molar-refractivity contribution is -0.118. The van der Waals surface area contributed by atoms with Gasteiger partial charge in [0.1, 0.15) is 6.20 Å². The van der Waals surface area contributed by atoms with Crippen LogP contribution in [0.1, 0.15) is 0 Å². The summed E-state index contributed by atoms with van der Waals surface area (Å²) in [5, 5.41) is 10.1. The zero-order valence-corrected chi connectivity index (χ0v) is 9.54. The summed E-state index contributed by atoms with van der Waals surface area (Å²) in [5.74, 6) is 0.0341. The second-order valence-corrected chi connectivity index (χ2v) is 3.73. The molecule has 1 aromatic rings. The average Bonchev–Trinajstić information content (AvgIpc) is 2.27. The number of ether oxygens (including phenoxy) is 1. The molecule has 2 N–H and O–H groups in total. The molecule has 0 saturated heterocycles. The number of aromatic amines is 1. The van der Waals surface area contributed by atoms with Crippen LogP contribution in [-0.2, 0) is 9.53 Å². The summed E-state index contributed by atoms with van der Waals surface area (Å²) >= 11 is 1.12. The lowest BCUT2D eigenvalue weighted by Crippen LogP contribution is -2.28. The van der Waals surface area contributed by atoms with Gasteiger partial charge in [0.2, 0.25) is 5.91 Å². The fraction of sp³-hybridized carbons (Fsp3) is 0.500. The first-order chi connectivity index (χ1) is 7.72. The summed E-state index contributed by atoms with van der Waals surface area (Å²) in [6.07, 6.45) is 1.07. The number of hydrogen-bond acceptors (Lipinski definition) is 6. The Balaban J connectivity index is 2.29. The molecule has 1 heterocycles. The van der Waals surface area contributed by atoms with Crippen molar-refractivity contribution in [1.29, 1.82) is 0 Å². The number of thioether (sulfide) groups is 1. The number of rotatable bonds is 6. The minimum Gasteiger partial charge on any atom is -0.383 e. The van der Waals surface area contributed by atoms with Crippen LogP contribution in [0.2, 0.25) is 0 Å². The van der Waals surface area contributed by atoms with Crippen LogP contribution in [0, 0.1) is 0 Å². The van der Waals surface area contributed by atoms with E-state index in [1.54, 1.807) is 7.11 Å². The van der Waals surface area contributed by atoms with Crippen LogP contribution in [0.5, 0.6) is 0 Å². The number of nitrogens with one attached hydrogen (secondary N) is 2. The Morgan fingerprint density at radius 1 is 1.69 bits per heavy atom. The van der Waals surface area contributed by atoms with Gasteiger partial charge in [-0.2, -0.15) is 5.10 Å². The third-order valence-electron chi connectivity index (χ3n) is 1.52. The van der Waals surface area contributed by atoms with E-state index >= 15 is 0 Å².